The van der Waals surface area contributed by atoms with Crippen LogP contribution in [0.15, 0.2) is 42.5 Å². The fraction of sp³-hybridized carbons (Fsp3) is 0.222. The molecule has 0 atom stereocenters. The van der Waals surface area contributed by atoms with Gasteiger partial charge in [0.05, 0.1) is 4.92 Å². The van der Waals surface area contributed by atoms with Gasteiger partial charge >= 0.3 is 0 Å². The largest absolute Gasteiger partial charge is 0.282 e. The standard InChI is InChI=1S/C18H18ClN3O4/c1-18(2,3)12-6-4-11(5-7-12)16(23)20-21-17(24)14-10-13(19)8-9-15(14)22(25)26/h4-10H,1-3H3,(H,20,23)(H,21,24). The topological polar surface area (TPSA) is 101 Å². The SMILES string of the molecule is CC(C)(C)c1ccc(C(=O)NNC(=O)c2cc(Cl)ccc2[N+](=O)[O-])cc1. The van der Waals surface area contributed by atoms with Gasteiger partial charge in [0, 0.05) is 16.7 Å². The summed E-state index contributed by atoms with van der Waals surface area (Å²) in [5.41, 5.74) is 5.11. The summed E-state index contributed by atoms with van der Waals surface area (Å²) in [4.78, 5) is 34.6. The van der Waals surface area contributed by atoms with Crippen molar-refractivity contribution >= 4 is 29.1 Å². The van der Waals surface area contributed by atoms with E-state index >= 15 is 0 Å². The van der Waals surface area contributed by atoms with E-state index in [0.29, 0.717) is 5.56 Å². The number of halogens is 1. The zero-order chi connectivity index (χ0) is 19.5. The van der Waals surface area contributed by atoms with Crippen molar-refractivity contribution in [2.75, 3.05) is 0 Å². The number of hydrogen-bond acceptors (Lipinski definition) is 4. The van der Waals surface area contributed by atoms with Crippen molar-refractivity contribution in [2.45, 2.75) is 26.2 Å². The number of rotatable bonds is 3. The van der Waals surface area contributed by atoms with Crippen molar-refractivity contribution in [3.8, 4) is 0 Å². The van der Waals surface area contributed by atoms with Crippen molar-refractivity contribution in [3.05, 3.63) is 74.3 Å². The van der Waals surface area contributed by atoms with Gasteiger partial charge in [0.15, 0.2) is 0 Å². The van der Waals surface area contributed by atoms with E-state index in [1.807, 2.05) is 12.1 Å². The van der Waals surface area contributed by atoms with Crippen LogP contribution < -0.4 is 10.9 Å². The Balaban J connectivity index is 2.09. The highest BCUT2D eigenvalue weighted by molar-refractivity contribution is 6.31. The molecule has 8 heteroatoms. The van der Waals surface area contributed by atoms with Crippen LogP contribution in [0.5, 0.6) is 0 Å². The highest BCUT2D eigenvalue weighted by Crippen LogP contribution is 2.23. The zero-order valence-corrected chi connectivity index (χ0v) is 15.3. The molecule has 0 aliphatic carbocycles. The van der Waals surface area contributed by atoms with Crippen molar-refractivity contribution in [3.63, 3.8) is 0 Å². The summed E-state index contributed by atoms with van der Waals surface area (Å²) in [6.07, 6.45) is 0. The van der Waals surface area contributed by atoms with Gasteiger partial charge in [-0.25, -0.2) is 0 Å². The van der Waals surface area contributed by atoms with E-state index in [0.717, 1.165) is 11.6 Å². The van der Waals surface area contributed by atoms with Crippen LogP contribution in [0.3, 0.4) is 0 Å². The summed E-state index contributed by atoms with van der Waals surface area (Å²) in [6.45, 7) is 6.17. The van der Waals surface area contributed by atoms with Crippen molar-refractivity contribution in [2.24, 2.45) is 0 Å². The van der Waals surface area contributed by atoms with Gasteiger partial charge in [-0.2, -0.15) is 0 Å². The fourth-order valence-electron chi connectivity index (χ4n) is 2.22. The highest BCUT2D eigenvalue weighted by Gasteiger charge is 2.21. The number of nitro benzene ring substituents is 1. The molecule has 0 saturated carbocycles. The van der Waals surface area contributed by atoms with Crippen LogP contribution in [0.2, 0.25) is 5.02 Å². The predicted molar refractivity (Wildman–Crippen MR) is 98.2 cm³/mol. The van der Waals surface area contributed by atoms with Crippen LogP contribution >= 0.6 is 11.6 Å². The molecule has 2 aromatic rings. The number of nitrogens with one attached hydrogen (secondary N) is 2. The smallest absolute Gasteiger partial charge is 0.267 e. The summed E-state index contributed by atoms with van der Waals surface area (Å²) in [5.74, 6) is -1.37. The number of nitrogens with zero attached hydrogens (tertiary/aromatic N) is 1. The van der Waals surface area contributed by atoms with Crippen LogP contribution in [-0.2, 0) is 5.41 Å². The fourth-order valence-corrected chi connectivity index (χ4v) is 2.40. The molecule has 0 aliphatic heterocycles. The van der Waals surface area contributed by atoms with Crippen molar-refractivity contribution < 1.29 is 14.5 Å². The third-order valence-corrected chi connectivity index (χ3v) is 3.94. The molecule has 26 heavy (non-hydrogen) atoms. The molecule has 2 aromatic carbocycles. The Morgan fingerprint density at radius 3 is 2.12 bits per heavy atom. The van der Waals surface area contributed by atoms with Gasteiger partial charge in [-0.15, -0.1) is 0 Å². The molecular weight excluding hydrogens is 358 g/mol. The molecule has 0 heterocycles. The van der Waals surface area contributed by atoms with E-state index in [1.165, 1.54) is 12.1 Å². The molecule has 0 fully saturated rings. The average molecular weight is 376 g/mol. The summed E-state index contributed by atoms with van der Waals surface area (Å²) >= 11 is 5.79. The maximum absolute atomic E-state index is 12.2. The normalized spacial score (nSPS) is 10.9. The van der Waals surface area contributed by atoms with Crippen LogP contribution in [0.4, 0.5) is 5.69 Å². The van der Waals surface area contributed by atoms with Crippen LogP contribution in [0, 0.1) is 10.1 Å². The van der Waals surface area contributed by atoms with Gasteiger partial charge in [-0.05, 0) is 35.2 Å². The maximum atomic E-state index is 12.2. The second-order valence-electron chi connectivity index (χ2n) is 6.65. The molecule has 0 aromatic heterocycles. The molecular formula is C18H18ClN3O4. The Kier molecular flexibility index (Phi) is 5.62. The minimum Gasteiger partial charge on any atom is -0.267 e. The Morgan fingerprint density at radius 2 is 1.58 bits per heavy atom. The number of amides is 2. The molecule has 7 nitrogen and oxygen atoms in total. The number of carbonyl (C=O) groups excluding carboxylic acids is 2. The quantitative estimate of drug-likeness (QED) is 0.631. The Morgan fingerprint density at radius 1 is 1.00 bits per heavy atom. The van der Waals surface area contributed by atoms with Crippen molar-refractivity contribution in [1.82, 2.24) is 10.9 Å². The molecule has 0 spiro atoms. The third kappa shape index (κ3) is 4.58. The first kappa shape index (κ1) is 19.4. The van der Waals surface area contributed by atoms with Crippen LogP contribution in [0.25, 0.3) is 0 Å². The predicted octanol–water partition coefficient (Wildman–Crippen LogP) is 3.62. The summed E-state index contributed by atoms with van der Waals surface area (Å²) < 4.78 is 0. The van der Waals surface area contributed by atoms with E-state index < -0.39 is 22.4 Å². The molecule has 2 N–H and O–H groups in total. The molecule has 2 rings (SSSR count). The minimum atomic E-state index is -0.834. The van der Waals surface area contributed by atoms with Gasteiger partial charge in [0.2, 0.25) is 0 Å². The maximum Gasteiger partial charge on any atom is 0.282 e. The summed E-state index contributed by atoms with van der Waals surface area (Å²) in [7, 11) is 0. The van der Waals surface area contributed by atoms with Gasteiger partial charge in [0.1, 0.15) is 5.56 Å². The molecule has 0 aliphatic rings. The molecule has 0 bridgehead atoms. The van der Waals surface area contributed by atoms with E-state index in [2.05, 4.69) is 31.6 Å². The third-order valence-electron chi connectivity index (χ3n) is 3.70. The van der Waals surface area contributed by atoms with E-state index in [4.69, 9.17) is 11.6 Å². The minimum absolute atomic E-state index is 0.0469. The molecule has 0 radical (unpaired) electrons. The first-order valence-corrected chi connectivity index (χ1v) is 8.12. The van der Waals surface area contributed by atoms with Gasteiger partial charge < -0.3 is 0 Å². The molecule has 0 unspecified atom stereocenters. The molecule has 136 valence electrons. The Hall–Kier alpha value is -2.93. The van der Waals surface area contributed by atoms with Gasteiger partial charge in [-0.1, -0.05) is 44.5 Å². The molecule has 2 amide bonds. The first-order valence-electron chi connectivity index (χ1n) is 7.75. The van der Waals surface area contributed by atoms with Crippen LogP contribution in [0.1, 0.15) is 47.1 Å². The van der Waals surface area contributed by atoms with Gasteiger partial charge in [-0.3, -0.25) is 30.6 Å². The second-order valence-corrected chi connectivity index (χ2v) is 7.09. The number of carbonyl (C=O) groups is 2. The first-order chi connectivity index (χ1) is 12.1. The Bertz CT molecular complexity index is 858. The molecule has 0 saturated heterocycles. The lowest BCUT2D eigenvalue weighted by Crippen LogP contribution is -2.41. The van der Waals surface area contributed by atoms with E-state index in [1.54, 1.807) is 12.1 Å². The van der Waals surface area contributed by atoms with E-state index in [-0.39, 0.29) is 16.0 Å². The van der Waals surface area contributed by atoms with Crippen LogP contribution in [-0.4, -0.2) is 16.7 Å². The number of hydrogen-bond donors (Lipinski definition) is 2. The average Bonchev–Trinajstić information content (AvgIpc) is 2.58. The Labute approximate surface area is 155 Å². The lowest BCUT2D eigenvalue weighted by molar-refractivity contribution is -0.385. The number of nitro groups is 1. The summed E-state index contributed by atoms with van der Waals surface area (Å²) in [6, 6.07) is 10.6. The second kappa shape index (κ2) is 7.53. The summed E-state index contributed by atoms with van der Waals surface area (Å²) in [5, 5.41) is 11.2. The zero-order valence-electron chi connectivity index (χ0n) is 14.5. The van der Waals surface area contributed by atoms with Gasteiger partial charge in [0.25, 0.3) is 17.5 Å². The number of hydrazine groups is 1. The monoisotopic (exact) mass is 375 g/mol. The number of benzene rings is 2. The highest BCUT2D eigenvalue weighted by atomic mass is 35.5. The van der Waals surface area contributed by atoms with Crippen molar-refractivity contribution in [1.29, 1.82) is 0 Å². The lowest BCUT2D eigenvalue weighted by atomic mass is 9.87. The lowest BCUT2D eigenvalue weighted by Gasteiger charge is -2.19. The van der Waals surface area contributed by atoms with E-state index in [9.17, 15) is 19.7 Å².